The molecule has 1 aromatic carbocycles. The lowest BCUT2D eigenvalue weighted by Crippen LogP contribution is -2.47. The number of nitrogens with two attached hydrogens (primary N) is 1. The second kappa shape index (κ2) is 4.84. The van der Waals surface area contributed by atoms with Gasteiger partial charge in [0.15, 0.2) is 0 Å². The fourth-order valence-electron chi connectivity index (χ4n) is 3.36. The van der Waals surface area contributed by atoms with Crippen LogP contribution in [0.4, 0.5) is 8.78 Å². The minimum Gasteiger partial charge on any atom is -0.385 e. The Hall–Kier alpha value is -1.00. The molecule has 0 spiro atoms. The van der Waals surface area contributed by atoms with Crippen molar-refractivity contribution < 1.29 is 13.9 Å². The predicted molar refractivity (Wildman–Crippen MR) is 70.4 cm³/mol. The van der Waals surface area contributed by atoms with Crippen LogP contribution < -0.4 is 5.73 Å². The number of rotatable bonds is 3. The topological polar surface area (TPSA) is 46.2 Å². The summed E-state index contributed by atoms with van der Waals surface area (Å²) in [6.45, 7) is 4.04. The van der Waals surface area contributed by atoms with Crippen LogP contribution in [0.5, 0.6) is 0 Å². The molecular weight excluding hydrogens is 248 g/mol. The molecule has 3 atom stereocenters. The Morgan fingerprint density at radius 1 is 1.37 bits per heavy atom. The molecule has 19 heavy (non-hydrogen) atoms. The Bertz CT molecular complexity index is 455. The van der Waals surface area contributed by atoms with Crippen LogP contribution >= 0.6 is 0 Å². The smallest absolute Gasteiger partial charge is 0.126 e. The molecule has 1 aliphatic carbocycles. The highest BCUT2D eigenvalue weighted by molar-refractivity contribution is 5.27. The quantitative estimate of drug-likeness (QED) is 0.886. The molecule has 2 rings (SSSR count). The van der Waals surface area contributed by atoms with E-state index in [-0.39, 0.29) is 5.56 Å². The second-order valence-electron chi connectivity index (χ2n) is 6.06. The van der Waals surface area contributed by atoms with Gasteiger partial charge in [-0.3, -0.25) is 0 Å². The average molecular weight is 269 g/mol. The van der Waals surface area contributed by atoms with Crippen LogP contribution in [0.15, 0.2) is 18.2 Å². The van der Waals surface area contributed by atoms with Crippen molar-refractivity contribution in [2.24, 2.45) is 17.1 Å². The van der Waals surface area contributed by atoms with E-state index < -0.39 is 22.7 Å². The molecule has 1 fully saturated rings. The molecule has 1 saturated carbocycles. The van der Waals surface area contributed by atoms with E-state index in [0.717, 1.165) is 25.3 Å². The van der Waals surface area contributed by atoms with Crippen LogP contribution in [0.2, 0.25) is 0 Å². The third-order valence-electron chi connectivity index (χ3n) is 4.70. The van der Waals surface area contributed by atoms with E-state index in [1.807, 2.05) is 0 Å². The lowest BCUT2D eigenvalue weighted by Gasteiger charge is -2.43. The first-order valence-corrected chi connectivity index (χ1v) is 6.70. The predicted octanol–water partition coefficient (Wildman–Crippen LogP) is 2.94. The van der Waals surface area contributed by atoms with Crippen LogP contribution in [-0.2, 0) is 5.60 Å². The van der Waals surface area contributed by atoms with Crippen LogP contribution in [0.25, 0.3) is 0 Å². The van der Waals surface area contributed by atoms with Crippen LogP contribution in [0, 0.1) is 23.0 Å². The average Bonchev–Trinajstić information content (AvgIpc) is 2.71. The molecule has 1 aromatic rings. The lowest BCUT2D eigenvalue weighted by molar-refractivity contribution is -0.0715. The van der Waals surface area contributed by atoms with Crippen LogP contribution in [0.1, 0.15) is 38.7 Å². The molecule has 0 aliphatic heterocycles. The van der Waals surface area contributed by atoms with E-state index in [1.165, 1.54) is 12.1 Å². The fourth-order valence-corrected chi connectivity index (χ4v) is 3.36. The summed E-state index contributed by atoms with van der Waals surface area (Å²) >= 11 is 0. The Labute approximate surface area is 112 Å². The maximum Gasteiger partial charge on any atom is 0.126 e. The van der Waals surface area contributed by atoms with Gasteiger partial charge in [0.05, 0.1) is 5.60 Å². The molecule has 2 nitrogen and oxygen atoms in total. The van der Waals surface area contributed by atoms with E-state index in [2.05, 4.69) is 6.92 Å². The first-order chi connectivity index (χ1) is 8.80. The monoisotopic (exact) mass is 269 g/mol. The van der Waals surface area contributed by atoms with Crippen molar-refractivity contribution in [2.75, 3.05) is 6.54 Å². The van der Waals surface area contributed by atoms with Crippen LogP contribution in [-0.4, -0.2) is 11.7 Å². The van der Waals surface area contributed by atoms with Gasteiger partial charge in [-0.2, -0.15) is 0 Å². The Morgan fingerprint density at radius 3 is 2.37 bits per heavy atom. The Balaban J connectivity index is 2.45. The van der Waals surface area contributed by atoms with Gasteiger partial charge in [-0.1, -0.05) is 6.92 Å². The van der Waals surface area contributed by atoms with Crippen molar-refractivity contribution in [1.82, 2.24) is 0 Å². The normalized spacial score (nSPS) is 30.3. The van der Waals surface area contributed by atoms with Crippen molar-refractivity contribution in [1.29, 1.82) is 0 Å². The zero-order chi connectivity index (χ0) is 14.3. The third-order valence-corrected chi connectivity index (χ3v) is 4.70. The molecule has 1 aliphatic rings. The highest BCUT2D eigenvalue weighted by Gasteiger charge is 2.50. The highest BCUT2D eigenvalue weighted by atomic mass is 19.1. The Morgan fingerprint density at radius 2 is 1.95 bits per heavy atom. The van der Waals surface area contributed by atoms with Gasteiger partial charge in [0, 0.05) is 18.0 Å². The van der Waals surface area contributed by atoms with Gasteiger partial charge >= 0.3 is 0 Å². The molecule has 3 N–H and O–H groups in total. The van der Waals surface area contributed by atoms with Crippen molar-refractivity contribution in [3.8, 4) is 0 Å². The van der Waals surface area contributed by atoms with Gasteiger partial charge in [0.25, 0.3) is 0 Å². The van der Waals surface area contributed by atoms with E-state index in [1.54, 1.807) is 6.92 Å². The SMILES string of the molecule is CC1CCC(CN)(C(C)(O)c2cc(F)cc(F)c2)C1. The van der Waals surface area contributed by atoms with E-state index in [9.17, 15) is 13.9 Å². The molecule has 0 saturated heterocycles. The van der Waals surface area contributed by atoms with E-state index in [0.29, 0.717) is 12.5 Å². The summed E-state index contributed by atoms with van der Waals surface area (Å²) in [6.07, 6.45) is 2.52. The number of hydrogen-bond acceptors (Lipinski definition) is 2. The van der Waals surface area contributed by atoms with Crippen molar-refractivity contribution in [2.45, 2.75) is 38.7 Å². The summed E-state index contributed by atoms with van der Waals surface area (Å²) < 4.78 is 26.7. The minimum absolute atomic E-state index is 0.268. The zero-order valence-electron chi connectivity index (χ0n) is 11.4. The summed E-state index contributed by atoms with van der Waals surface area (Å²) in [7, 11) is 0. The second-order valence-corrected chi connectivity index (χ2v) is 6.06. The maximum atomic E-state index is 13.4. The third kappa shape index (κ3) is 2.39. The van der Waals surface area contributed by atoms with Gasteiger partial charge in [0.2, 0.25) is 0 Å². The molecule has 106 valence electrons. The molecule has 0 heterocycles. The first-order valence-electron chi connectivity index (χ1n) is 6.70. The first kappa shape index (κ1) is 14.4. The number of benzene rings is 1. The molecule has 3 unspecified atom stereocenters. The summed E-state index contributed by atoms with van der Waals surface area (Å²) in [5.41, 5.74) is 4.32. The van der Waals surface area contributed by atoms with Crippen molar-refractivity contribution in [3.05, 3.63) is 35.4 Å². The molecule has 0 bridgehead atoms. The molecular formula is C15H21F2NO. The van der Waals surface area contributed by atoms with Crippen LogP contribution in [0.3, 0.4) is 0 Å². The summed E-state index contributed by atoms with van der Waals surface area (Å²) in [5, 5.41) is 10.9. The van der Waals surface area contributed by atoms with Gasteiger partial charge in [-0.05, 0) is 49.8 Å². The number of hydrogen-bond donors (Lipinski definition) is 2. The summed E-state index contributed by atoms with van der Waals surface area (Å²) in [4.78, 5) is 0. The fraction of sp³-hybridized carbons (Fsp3) is 0.600. The van der Waals surface area contributed by atoms with Gasteiger partial charge in [-0.15, -0.1) is 0 Å². The molecule has 4 heteroatoms. The number of aliphatic hydroxyl groups is 1. The maximum absolute atomic E-state index is 13.4. The standard InChI is InChI=1S/C15H21F2NO/c1-10-3-4-15(8-10,9-18)14(2,19)11-5-12(16)7-13(17)6-11/h5-7,10,19H,3-4,8-9,18H2,1-2H3. The van der Waals surface area contributed by atoms with Crippen molar-refractivity contribution in [3.63, 3.8) is 0 Å². The van der Waals surface area contributed by atoms with E-state index in [4.69, 9.17) is 5.73 Å². The molecule has 0 aromatic heterocycles. The van der Waals surface area contributed by atoms with Crippen molar-refractivity contribution >= 4 is 0 Å². The summed E-state index contributed by atoms with van der Waals surface area (Å²) in [6, 6.07) is 3.21. The summed E-state index contributed by atoms with van der Waals surface area (Å²) in [5.74, 6) is -0.879. The van der Waals surface area contributed by atoms with Gasteiger partial charge < -0.3 is 10.8 Å². The zero-order valence-corrected chi connectivity index (χ0v) is 11.4. The molecule has 0 radical (unpaired) electrons. The van der Waals surface area contributed by atoms with Gasteiger partial charge in [-0.25, -0.2) is 8.78 Å². The molecule has 0 amide bonds. The Kier molecular flexibility index (Phi) is 3.67. The number of halogens is 2. The minimum atomic E-state index is -1.32. The highest BCUT2D eigenvalue weighted by Crippen LogP contribution is 2.52. The van der Waals surface area contributed by atoms with Gasteiger partial charge in [0.1, 0.15) is 11.6 Å². The largest absolute Gasteiger partial charge is 0.385 e. The lowest BCUT2D eigenvalue weighted by atomic mass is 9.67. The van der Waals surface area contributed by atoms with E-state index >= 15 is 0 Å².